The molecule has 7 rings (SSSR count). The van der Waals surface area contributed by atoms with E-state index in [2.05, 4.69) is 49.2 Å². The number of nitrogens with two attached hydrogens (primary N) is 1. The van der Waals surface area contributed by atoms with Gasteiger partial charge < -0.3 is 25.1 Å². The zero-order chi connectivity index (χ0) is 24.4. The number of nitrogens with one attached hydrogen (secondary N) is 1. The van der Waals surface area contributed by atoms with Crippen molar-refractivity contribution in [3.05, 3.63) is 48.5 Å². The molecule has 9 heteroatoms. The average Bonchev–Trinajstić information content (AvgIpc) is 3.33. The van der Waals surface area contributed by atoms with Crippen LogP contribution in [0.15, 0.2) is 43.0 Å². The molecule has 0 radical (unpaired) electrons. The zero-order valence-corrected chi connectivity index (χ0v) is 20.6. The molecule has 4 aromatic rings. The third-order valence-corrected chi connectivity index (χ3v) is 7.81. The molecule has 3 aliphatic rings. The monoisotopic (exact) mass is 485 g/mol. The van der Waals surface area contributed by atoms with E-state index in [9.17, 15) is 0 Å². The molecule has 1 aliphatic heterocycles. The number of aromatic nitrogens is 5. The Morgan fingerprint density at radius 1 is 1.11 bits per heavy atom. The molecule has 1 aromatic carbocycles. The molecule has 0 unspecified atom stereocenters. The molecule has 1 saturated heterocycles. The van der Waals surface area contributed by atoms with E-state index in [1.807, 2.05) is 26.1 Å². The maximum absolute atomic E-state index is 6.44. The molecule has 3 aromatic heterocycles. The van der Waals surface area contributed by atoms with Gasteiger partial charge in [-0.3, -0.25) is 0 Å². The molecule has 2 aliphatic carbocycles. The lowest BCUT2D eigenvalue weighted by molar-refractivity contribution is -0.160. The highest BCUT2D eigenvalue weighted by Gasteiger charge is 2.54. The third kappa shape index (κ3) is 3.87. The van der Waals surface area contributed by atoms with Crippen molar-refractivity contribution in [2.45, 2.75) is 76.0 Å². The number of rotatable bonds is 6. The first-order valence-corrected chi connectivity index (χ1v) is 12.9. The smallest absolute Gasteiger partial charge is 0.223 e. The second-order valence-electron chi connectivity index (χ2n) is 10.9. The molecule has 4 atom stereocenters. The highest BCUT2D eigenvalue weighted by molar-refractivity contribution is 5.86. The van der Waals surface area contributed by atoms with Gasteiger partial charge in [0, 0.05) is 23.8 Å². The topological polar surface area (TPSA) is 113 Å². The molecule has 3 fully saturated rings. The van der Waals surface area contributed by atoms with Gasteiger partial charge >= 0.3 is 0 Å². The number of benzene rings is 1. The minimum atomic E-state index is -0.603. The van der Waals surface area contributed by atoms with Gasteiger partial charge in [-0.1, -0.05) is 12.1 Å². The van der Waals surface area contributed by atoms with E-state index in [1.165, 1.54) is 24.7 Å². The summed E-state index contributed by atoms with van der Waals surface area (Å²) in [6, 6.07) is 9.19. The molecule has 2 saturated carbocycles. The van der Waals surface area contributed by atoms with Crippen LogP contribution in [-0.4, -0.2) is 48.5 Å². The van der Waals surface area contributed by atoms with E-state index in [0.717, 1.165) is 47.1 Å². The van der Waals surface area contributed by atoms with Crippen molar-refractivity contribution in [3.8, 4) is 0 Å². The van der Waals surface area contributed by atoms with Crippen LogP contribution in [0.5, 0.6) is 0 Å². The third-order valence-electron chi connectivity index (χ3n) is 7.81. The lowest BCUT2D eigenvalue weighted by Gasteiger charge is -2.24. The van der Waals surface area contributed by atoms with E-state index >= 15 is 0 Å². The molecule has 4 heterocycles. The van der Waals surface area contributed by atoms with Crippen LogP contribution in [0.3, 0.4) is 0 Å². The van der Waals surface area contributed by atoms with Gasteiger partial charge in [0.25, 0.3) is 0 Å². The van der Waals surface area contributed by atoms with Crippen molar-refractivity contribution in [2.24, 2.45) is 5.92 Å². The minimum absolute atomic E-state index is 0.0304. The lowest BCUT2D eigenvalue weighted by Crippen LogP contribution is -2.27. The predicted octanol–water partition coefficient (Wildman–Crippen LogP) is 4.24. The number of ether oxygens (including phenoxy) is 2. The second-order valence-corrected chi connectivity index (χ2v) is 10.9. The Morgan fingerprint density at radius 3 is 2.83 bits per heavy atom. The molecular formula is C27H31N7O2. The quantitative estimate of drug-likeness (QED) is 0.417. The van der Waals surface area contributed by atoms with Gasteiger partial charge in [0.05, 0.1) is 23.0 Å². The van der Waals surface area contributed by atoms with Crippen LogP contribution in [0.4, 0.5) is 11.8 Å². The Morgan fingerprint density at radius 2 is 1.97 bits per heavy atom. The summed E-state index contributed by atoms with van der Waals surface area (Å²) in [6.07, 6.45) is 10.8. The Hall–Kier alpha value is -3.30. The molecule has 0 amide bonds. The molecular weight excluding hydrogens is 454 g/mol. The molecule has 0 bridgehead atoms. The van der Waals surface area contributed by atoms with E-state index < -0.39 is 5.79 Å². The number of aryl methyl sites for hydroxylation is 1. The van der Waals surface area contributed by atoms with Crippen LogP contribution in [0, 0.1) is 5.92 Å². The molecule has 3 N–H and O–H groups in total. The number of hydrogen-bond donors (Lipinski definition) is 2. The van der Waals surface area contributed by atoms with Crippen LogP contribution in [0.25, 0.3) is 21.9 Å². The lowest BCUT2D eigenvalue weighted by atomic mass is 9.95. The van der Waals surface area contributed by atoms with Crippen molar-refractivity contribution >= 4 is 33.7 Å². The molecule has 36 heavy (non-hydrogen) atoms. The summed E-state index contributed by atoms with van der Waals surface area (Å²) in [5, 5.41) is 5.34. The average molecular weight is 486 g/mol. The highest BCUT2D eigenvalue weighted by atomic mass is 16.8. The summed E-state index contributed by atoms with van der Waals surface area (Å²) in [7, 11) is 0. The first-order chi connectivity index (χ1) is 17.4. The fraction of sp³-hybridized carbons (Fsp3) is 0.481. The van der Waals surface area contributed by atoms with Gasteiger partial charge in [0.15, 0.2) is 5.79 Å². The van der Waals surface area contributed by atoms with E-state index in [-0.39, 0.29) is 18.2 Å². The van der Waals surface area contributed by atoms with Crippen LogP contribution in [0.1, 0.15) is 51.1 Å². The van der Waals surface area contributed by atoms with Crippen molar-refractivity contribution in [1.29, 1.82) is 0 Å². The van der Waals surface area contributed by atoms with Crippen LogP contribution in [0.2, 0.25) is 0 Å². The predicted molar refractivity (Wildman–Crippen MR) is 137 cm³/mol. The first kappa shape index (κ1) is 21.9. The highest BCUT2D eigenvalue weighted by Crippen LogP contribution is 2.49. The summed E-state index contributed by atoms with van der Waals surface area (Å²) >= 11 is 0. The van der Waals surface area contributed by atoms with Crippen molar-refractivity contribution < 1.29 is 9.47 Å². The Kier molecular flexibility index (Phi) is 4.94. The molecule has 0 spiro atoms. The second kappa shape index (κ2) is 8.11. The molecule has 9 nitrogen and oxygen atoms in total. The Bertz CT molecular complexity index is 1450. The Balaban J connectivity index is 1.13. The standard InChI is InChI=1S/C27H31N7O2/c1-27(2)35-22-16(12-21(23(22)36-27)34-10-9-19-24(28)30-14-31-25(19)34)5-3-15-4-6-17-13-29-26(32-18-7-8-18)33-20(17)11-15/h4,6,9-11,13-14,16,18,21-23H,3,5,7-8,12H2,1-2H3,(H2,28,30,31)(H,29,32,33)/t16-,21+,22+,23-/m0/s1. The summed E-state index contributed by atoms with van der Waals surface area (Å²) < 4.78 is 15.1. The van der Waals surface area contributed by atoms with Gasteiger partial charge in [-0.2, -0.15) is 0 Å². The largest absolute Gasteiger partial charge is 0.383 e. The van der Waals surface area contributed by atoms with E-state index in [1.54, 1.807) is 0 Å². The fourth-order valence-corrected chi connectivity index (χ4v) is 5.93. The van der Waals surface area contributed by atoms with Gasteiger partial charge in [-0.25, -0.2) is 19.9 Å². The number of nitrogen functional groups attached to an aromatic ring is 1. The van der Waals surface area contributed by atoms with Crippen LogP contribution >= 0.6 is 0 Å². The maximum atomic E-state index is 6.44. The summed E-state index contributed by atoms with van der Waals surface area (Å²) in [5.74, 6) is 0.996. The number of nitrogens with zero attached hydrogens (tertiary/aromatic N) is 5. The first-order valence-electron chi connectivity index (χ1n) is 12.9. The van der Waals surface area contributed by atoms with Gasteiger partial charge in [-0.05, 0) is 69.6 Å². The fourth-order valence-electron chi connectivity index (χ4n) is 5.93. The Labute approximate surface area is 209 Å². The van der Waals surface area contributed by atoms with Crippen molar-refractivity contribution in [2.75, 3.05) is 11.1 Å². The van der Waals surface area contributed by atoms with Crippen molar-refractivity contribution in [1.82, 2.24) is 24.5 Å². The number of hydrogen-bond acceptors (Lipinski definition) is 8. The van der Waals surface area contributed by atoms with Gasteiger partial charge in [0.1, 0.15) is 23.9 Å². The van der Waals surface area contributed by atoms with Crippen LogP contribution in [-0.2, 0) is 15.9 Å². The summed E-state index contributed by atoms with van der Waals surface area (Å²) in [6.45, 7) is 4.01. The van der Waals surface area contributed by atoms with Gasteiger partial charge in [0.2, 0.25) is 5.95 Å². The minimum Gasteiger partial charge on any atom is -0.383 e. The summed E-state index contributed by atoms with van der Waals surface area (Å²) in [4.78, 5) is 17.9. The summed E-state index contributed by atoms with van der Waals surface area (Å²) in [5.41, 5.74) is 9.22. The SMILES string of the molecule is CC1(C)O[C@@H]2[C@@H](CCc3ccc4cnc(NC5CC5)nc4c3)C[C@@H](n3ccc4c(N)ncnc43)[C@@H]2O1. The zero-order valence-electron chi connectivity index (χ0n) is 20.6. The van der Waals surface area contributed by atoms with Crippen LogP contribution < -0.4 is 11.1 Å². The molecule has 186 valence electrons. The number of fused-ring (bicyclic) bond motifs is 3. The number of anilines is 2. The normalized spacial score (nSPS) is 27.1. The van der Waals surface area contributed by atoms with E-state index in [0.29, 0.717) is 17.8 Å². The maximum Gasteiger partial charge on any atom is 0.223 e. The van der Waals surface area contributed by atoms with Gasteiger partial charge in [-0.15, -0.1) is 0 Å². The van der Waals surface area contributed by atoms with E-state index in [4.69, 9.17) is 20.2 Å². The van der Waals surface area contributed by atoms with Crippen molar-refractivity contribution in [3.63, 3.8) is 0 Å².